The molecular weight excluding hydrogens is 544 g/mol. The molecule has 0 spiro atoms. The van der Waals surface area contributed by atoms with Gasteiger partial charge in [-0.3, -0.25) is 9.10 Å². The molecule has 0 radical (unpaired) electrons. The number of alkyl halides is 3. The standard InChI is InChI=1S/C30H24F4N2O3S/c31-26-10-3-1-6-21(26)16-17-35-29(37)28-19-23-7-2-4-11-27(23)36(28)40(38,39)25-14-12-20(13-15-25)22-8-5-9-24(18-22)30(32,33)34/h1-15,18,28H,16-17,19H2,(H,35,37)/t28-/m0/s1. The van der Waals surface area contributed by atoms with Gasteiger partial charge in [0, 0.05) is 13.0 Å². The van der Waals surface area contributed by atoms with Crippen molar-refractivity contribution in [3.8, 4) is 11.1 Å². The lowest BCUT2D eigenvalue weighted by atomic mass is 10.0. The highest BCUT2D eigenvalue weighted by Gasteiger charge is 2.42. The van der Waals surface area contributed by atoms with Gasteiger partial charge in [-0.1, -0.05) is 60.7 Å². The number of halogens is 4. The summed E-state index contributed by atoms with van der Waals surface area (Å²) in [7, 11) is -4.23. The Hall–Kier alpha value is -4.18. The van der Waals surface area contributed by atoms with Crippen molar-refractivity contribution in [3.05, 3.63) is 120 Å². The van der Waals surface area contributed by atoms with Gasteiger partial charge in [0.15, 0.2) is 0 Å². The van der Waals surface area contributed by atoms with Gasteiger partial charge in [-0.2, -0.15) is 13.2 Å². The largest absolute Gasteiger partial charge is 0.416 e. The third-order valence-electron chi connectivity index (χ3n) is 6.81. The predicted molar refractivity (Wildman–Crippen MR) is 144 cm³/mol. The molecule has 1 amide bonds. The van der Waals surface area contributed by atoms with E-state index >= 15 is 0 Å². The minimum absolute atomic E-state index is 0.107. The van der Waals surface area contributed by atoms with E-state index in [1.807, 2.05) is 0 Å². The van der Waals surface area contributed by atoms with E-state index in [0.29, 0.717) is 22.4 Å². The van der Waals surface area contributed by atoms with Gasteiger partial charge >= 0.3 is 6.18 Å². The number of fused-ring (bicyclic) bond motifs is 1. The second-order valence-electron chi connectivity index (χ2n) is 9.38. The van der Waals surface area contributed by atoms with Crippen molar-refractivity contribution in [1.29, 1.82) is 0 Å². The molecule has 206 valence electrons. The molecule has 4 aromatic carbocycles. The second-order valence-corrected chi connectivity index (χ2v) is 11.2. The van der Waals surface area contributed by atoms with Crippen LogP contribution in [0.2, 0.25) is 0 Å². The number of sulfonamides is 1. The Balaban J connectivity index is 1.40. The Kier molecular flexibility index (Phi) is 7.37. The zero-order chi connectivity index (χ0) is 28.5. The molecule has 0 saturated heterocycles. The summed E-state index contributed by atoms with van der Waals surface area (Å²) in [5, 5.41) is 2.73. The highest BCUT2D eigenvalue weighted by Crippen LogP contribution is 2.38. The lowest BCUT2D eigenvalue weighted by Crippen LogP contribution is -2.48. The van der Waals surface area contributed by atoms with Gasteiger partial charge in [0.1, 0.15) is 11.9 Å². The van der Waals surface area contributed by atoms with Gasteiger partial charge in [0.05, 0.1) is 16.1 Å². The molecule has 0 fully saturated rings. The molecule has 40 heavy (non-hydrogen) atoms. The number of nitrogens with zero attached hydrogens (tertiary/aromatic N) is 1. The van der Waals surface area contributed by atoms with Crippen molar-refractivity contribution in [2.45, 2.75) is 30.0 Å². The number of nitrogens with one attached hydrogen (secondary N) is 1. The maximum Gasteiger partial charge on any atom is 0.416 e. The number of hydrogen-bond acceptors (Lipinski definition) is 3. The van der Waals surface area contributed by atoms with Crippen molar-refractivity contribution in [3.63, 3.8) is 0 Å². The molecule has 5 rings (SSSR count). The summed E-state index contributed by atoms with van der Waals surface area (Å²) in [5.74, 6) is -0.903. The molecule has 0 bridgehead atoms. The first-order chi connectivity index (χ1) is 19.1. The molecule has 1 aliphatic heterocycles. The van der Waals surface area contributed by atoms with Crippen molar-refractivity contribution < 1.29 is 30.8 Å². The van der Waals surface area contributed by atoms with Crippen LogP contribution in [-0.2, 0) is 33.8 Å². The number of benzene rings is 4. The first kappa shape index (κ1) is 27.4. The van der Waals surface area contributed by atoms with Gasteiger partial charge in [-0.05, 0) is 65.1 Å². The van der Waals surface area contributed by atoms with Gasteiger partial charge < -0.3 is 5.32 Å². The topological polar surface area (TPSA) is 66.5 Å². The van der Waals surface area contributed by atoms with E-state index in [9.17, 15) is 30.8 Å². The average molecular weight is 569 g/mol. The van der Waals surface area contributed by atoms with Gasteiger partial charge in [-0.25, -0.2) is 12.8 Å². The minimum atomic E-state index is -4.51. The Bertz CT molecular complexity index is 1650. The van der Waals surface area contributed by atoms with E-state index in [2.05, 4.69) is 5.32 Å². The smallest absolute Gasteiger partial charge is 0.354 e. The van der Waals surface area contributed by atoms with Crippen LogP contribution in [0.5, 0.6) is 0 Å². The van der Waals surface area contributed by atoms with E-state index < -0.39 is 33.7 Å². The maximum atomic E-state index is 14.0. The third kappa shape index (κ3) is 5.44. The fourth-order valence-electron chi connectivity index (χ4n) is 4.80. The third-order valence-corrected chi connectivity index (χ3v) is 8.65. The Morgan fingerprint density at radius 2 is 1.57 bits per heavy atom. The predicted octanol–water partition coefficient (Wildman–Crippen LogP) is 5.99. The monoisotopic (exact) mass is 568 g/mol. The van der Waals surface area contributed by atoms with Crippen LogP contribution < -0.4 is 9.62 Å². The van der Waals surface area contributed by atoms with Crippen LogP contribution in [0.15, 0.2) is 102 Å². The number of para-hydroxylation sites is 1. The minimum Gasteiger partial charge on any atom is -0.354 e. The van der Waals surface area contributed by atoms with Crippen LogP contribution in [0.3, 0.4) is 0 Å². The number of rotatable bonds is 7. The lowest BCUT2D eigenvalue weighted by molar-refractivity contribution is -0.137. The zero-order valence-corrected chi connectivity index (χ0v) is 21.8. The lowest BCUT2D eigenvalue weighted by Gasteiger charge is -2.26. The molecule has 0 unspecified atom stereocenters. The number of hydrogen-bond donors (Lipinski definition) is 1. The van der Waals surface area contributed by atoms with Gasteiger partial charge in [0.2, 0.25) is 5.91 Å². The van der Waals surface area contributed by atoms with Crippen LogP contribution >= 0.6 is 0 Å². The first-order valence-electron chi connectivity index (χ1n) is 12.5. The number of amides is 1. The van der Waals surface area contributed by atoms with E-state index in [0.717, 1.165) is 16.4 Å². The quantitative estimate of drug-likeness (QED) is 0.279. The summed E-state index contributed by atoms with van der Waals surface area (Å²) >= 11 is 0. The van der Waals surface area contributed by atoms with Crippen molar-refractivity contribution in [1.82, 2.24) is 5.32 Å². The molecule has 5 nitrogen and oxygen atoms in total. The molecule has 0 aromatic heterocycles. The molecule has 1 atom stereocenters. The van der Waals surface area contributed by atoms with Crippen LogP contribution in [0.25, 0.3) is 11.1 Å². The highest BCUT2D eigenvalue weighted by atomic mass is 32.2. The second kappa shape index (κ2) is 10.8. The van der Waals surface area contributed by atoms with Crippen LogP contribution in [0, 0.1) is 5.82 Å². The normalized spacial score (nSPS) is 15.1. The van der Waals surface area contributed by atoms with E-state index in [1.54, 1.807) is 42.5 Å². The summed E-state index contributed by atoms with van der Waals surface area (Å²) < 4.78 is 82.2. The summed E-state index contributed by atoms with van der Waals surface area (Å²) in [6.07, 6.45) is -4.11. The molecule has 1 aliphatic rings. The SMILES string of the molecule is O=C(NCCc1ccccc1F)[C@@H]1Cc2ccccc2N1S(=O)(=O)c1ccc(-c2cccc(C(F)(F)F)c2)cc1. The number of carbonyl (C=O) groups is 1. The Labute approximate surface area is 229 Å². The van der Waals surface area contributed by atoms with E-state index in [4.69, 9.17) is 0 Å². The van der Waals surface area contributed by atoms with E-state index in [1.165, 1.54) is 42.5 Å². The maximum absolute atomic E-state index is 14.0. The summed E-state index contributed by atoms with van der Waals surface area (Å²) in [4.78, 5) is 13.1. The summed E-state index contributed by atoms with van der Waals surface area (Å²) in [6.45, 7) is 0.117. The van der Waals surface area contributed by atoms with Gasteiger partial charge in [-0.15, -0.1) is 0 Å². The molecule has 0 aliphatic carbocycles. The summed E-state index contributed by atoms with van der Waals surface area (Å²) in [5.41, 5.74) is 1.38. The zero-order valence-electron chi connectivity index (χ0n) is 21.0. The molecular formula is C30H24F4N2O3S. The van der Waals surface area contributed by atoms with Crippen LogP contribution in [0.1, 0.15) is 16.7 Å². The van der Waals surface area contributed by atoms with Crippen molar-refractivity contribution >= 4 is 21.6 Å². The summed E-state index contributed by atoms with van der Waals surface area (Å²) in [6, 6.07) is 22.2. The fourth-order valence-corrected chi connectivity index (χ4v) is 6.45. The molecule has 1 heterocycles. The van der Waals surface area contributed by atoms with Crippen LogP contribution in [0.4, 0.5) is 23.2 Å². The number of anilines is 1. The Morgan fingerprint density at radius 1 is 0.875 bits per heavy atom. The number of carbonyl (C=O) groups excluding carboxylic acids is 1. The first-order valence-corrected chi connectivity index (χ1v) is 13.9. The average Bonchev–Trinajstić information content (AvgIpc) is 3.34. The molecule has 0 saturated carbocycles. The van der Waals surface area contributed by atoms with E-state index in [-0.39, 0.29) is 35.7 Å². The molecule has 1 N–H and O–H groups in total. The highest BCUT2D eigenvalue weighted by molar-refractivity contribution is 7.93. The Morgan fingerprint density at radius 3 is 2.30 bits per heavy atom. The van der Waals surface area contributed by atoms with Crippen molar-refractivity contribution in [2.24, 2.45) is 0 Å². The van der Waals surface area contributed by atoms with Crippen LogP contribution in [-0.4, -0.2) is 26.9 Å². The fraction of sp³-hybridized carbons (Fsp3) is 0.167. The van der Waals surface area contributed by atoms with Crippen molar-refractivity contribution in [2.75, 3.05) is 10.8 Å². The molecule has 4 aromatic rings. The van der Waals surface area contributed by atoms with Gasteiger partial charge in [0.25, 0.3) is 10.0 Å². The molecule has 10 heteroatoms.